The largest absolute Gasteiger partial charge is 0.356 e. The fraction of sp³-hybridized carbons (Fsp3) is 0.409. The summed E-state index contributed by atoms with van der Waals surface area (Å²) in [5.41, 5.74) is 1.88. The Morgan fingerprint density at radius 2 is 1.77 bits per heavy atom. The van der Waals surface area contributed by atoms with Crippen molar-refractivity contribution in [2.75, 3.05) is 26.7 Å². The molecule has 0 aliphatic carbocycles. The Hall–Kier alpha value is -2.45. The Morgan fingerprint density at radius 3 is 2.43 bits per heavy atom. The van der Waals surface area contributed by atoms with Gasteiger partial charge in [-0.3, -0.25) is 4.99 Å². The number of halogens is 1. The SMILES string of the molecule is CN=C(NCCc1cccc(F)c1)NCc1ccc(S(=O)(=O)N2CCCCC2)cc1. The molecule has 3 rings (SSSR count). The van der Waals surface area contributed by atoms with Gasteiger partial charge in [-0.1, -0.05) is 30.7 Å². The van der Waals surface area contributed by atoms with Crippen LogP contribution in [0.2, 0.25) is 0 Å². The maximum atomic E-state index is 13.2. The Morgan fingerprint density at radius 1 is 1.03 bits per heavy atom. The third kappa shape index (κ3) is 6.03. The summed E-state index contributed by atoms with van der Waals surface area (Å²) in [6, 6.07) is 13.5. The molecule has 0 spiro atoms. The standard InChI is InChI=1S/C22H29FN4O2S/c1-24-22(25-13-12-18-6-5-7-20(23)16-18)26-17-19-8-10-21(11-9-19)30(28,29)27-14-3-2-4-15-27/h5-11,16H,2-4,12-15,17H2,1H3,(H2,24,25,26). The maximum absolute atomic E-state index is 13.2. The highest BCUT2D eigenvalue weighted by atomic mass is 32.2. The highest BCUT2D eigenvalue weighted by Crippen LogP contribution is 2.20. The van der Waals surface area contributed by atoms with Gasteiger partial charge in [-0.15, -0.1) is 0 Å². The Labute approximate surface area is 178 Å². The van der Waals surface area contributed by atoms with Gasteiger partial charge in [0.05, 0.1) is 4.90 Å². The van der Waals surface area contributed by atoms with Gasteiger partial charge in [-0.05, 0) is 54.7 Å². The van der Waals surface area contributed by atoms with Gasteiger partial charge in [-0.25, -0.2) is 12.8 Å². The van der Waals surface area contributed by atoms with Crippen LogP contribution in [0.15, 0.2) is 58.4 Å². The fourth-order valence-electron chi connectivity index (χ4n) is 3.46. The number of piperidine rings is 1. The van der Waals surface area contributed by atoms with E-state index < -0.39 is 10.0 Å². The van der Waals surface area contributed by atoms with Crippen LogP contribution < -0.4 is 10.6 Å². The molecule has 2 aromatic rings. The molecule has 2 N–H and O–H groups in total. The molecule has 6 nitrogen and oxygen atoms in total. The van der Waals surface area contributed by atoms with E-state index in [9.17, 15) is 12.8 Å². The zero-order valence-electron chi connectivity index (χ0n) is 17.3. The van der Waals surface area contributed by atoms with Gasteiger partial charge in [-0.2, -0.15) is 4.31 Å². The molecule has 1 aliphatic rings. The number of nitrogens with zero attached hydrogens (tertiary/aromatic N) is 2. The number of benzene rings is 2. The van der Waals surface area contributed by atoms with Crippen molar-refractivity contribution in [3.63, 3.8) is 0 Å². The van der Waals surface area contributed by atoms with Crippen LogP contribution >= 0.6 is 0 Å². The molecule has 1 heterocycles. The van der Waals surface area contributed by atoms with Crippen LogP contribution in [0.5, 0.6) is 0 Å². The number of hydrogen-bond donors (Lipinski definition) is 2. The van der Waals surface area contributed by atoms with Crippen LogP contribution in [0, 0.1) is 5.82 Å². The molecule has 0 radical (unpaired) electrons. The monoisotopic (exact) mass is 432 g/mol. The summed E-state index contributed by atoms with van der Waals surface area (Å²) in [4.78, 5) is 4.53. The second-order valence-electron chi connectivity index (χ2n) is 7.34. The molecule has 2 aromatic carbocycles. The molecule has 8 heteroatoms. The highest BCUT2D eigenvalue weighted by Gasteiger charge is 2.25. The lowest BCUT2D eigenvalue weighted by Gasteiger charge is -2.25. The van der Waals surface area contributed by atoms with Gasteiger partial charge >= 0.3 is 0 Å². The predicted octanol–water partition coefficient (Wildman–Crippen LogP) is 2.91. The van der Waals surface area contributed by atoms with Crippen LogP contribution in [0.1, 0.15) is 30.4 Å². The topological polar surface area (TPSA) is 73.8 Å². The van der Waals surface area contributed by atoms with E-state index in [4.69, 9.17) is 0 Å². The molecule has 0 saturated carbocycles. The van der Waals surface area contributed by atoms with Gasteiger partial charge in [0.1, 0.15) is 5.82 Å². The zero-order chi connectivity index (χ0) is 21.4. The average Bonchev–Trinajstić information content (AvgIpc) is 2.77. The van der Waals surface area contributed by atoms with Crippen LogP contribution in [-0.4, -0.2) is 45.4 Å². The molecule has 1 saturated heterocycles. The second kappa shape index (κ2) is 10.5. The lowest BCUT2D eigenvalue weighted by molar-refractivity contribution is 0.346. The van der Waals surface area contributed by atoms with E-state index in [0.717, 1.165) is 30.4 Å². The molecule has 1 fully saturated rings. The molecular weight excluding hydrogens is 403 g/mol. The van der Waals surface area contributed by atoms with Gasteiger partial charge in [0.15, 0.2) is 5.96 Å². The number of rotatable bonds is 7. The van der Waals surface area contributed by atoms with E-state index in [1.165, 1.54) is 12.1 Å². The predicted molar refractivity (Wildman–Crippen MR) is 117 cm³/mol. The zero-order valence-corrected chi connectivity index (χ0v) is 18.1. The second-order valence-corrected chi connectivity index (χ2v) is 9.28. The van der Waals surface area contributed by atoms with E-state index in [1.807, 2.05) is 18.2 Å². The smallest absolute Gasteiger partial charge is 0.243 e. The minimum Gasteiger partial charge on any atom is -0.356 e. The lowest BCUT2D eigenvalue weighted by Crippen LogP contribution is -2.38. The average molecular weight is 433 g/mol. The van der Waals surface area contributed by atoms with E-state index in [0.29, 0.717) is 43.5 Å². The van der Waals surface area contributed by atoms with Gasteiger partial charge in [0.25, 0.3) is 0 Å². The summed E-state index contributed by atoms with van der Waals surface area (Å²) in [7, 11) is -1.72. The summed E-state index contributed by atoms with van der Waals surface area (Å²) in [5.74, 6) is 0.400. The van der Waals surface area contributed by atoms with Crippen molar-refractivity contribution in [3.8, 4) is 0 Å². The third-order valence-corrected chi connectivity index (χ3v) is 7.07. The molecule has 0 aromatic heterocycles. The van der Waals surface area contributed by atoms with Crippen molar-refractivity contribution < 1.29 is 12.8 Å². The van der Waals surface area contributed by atoms with Crippen LogP contribution in [-0.2, 0) is 23.0 Å². The van der Waals surface area contributed by atoms with Crippen molar-refractivity contribution in [2.45, 2.75) is 37.1 Å². The van der Waals surface area contributed by atoms with Gasteiger partial charge in [0.2, 0.25) is 10.0 Å². The molecular formula is C22H29FN4O2S. The minimum atomic E-state index is -3.41. The lowest BCUT2D eigenvalue weighted by atomic mass is 10.1. The maximum Gasteiger partial charge on any atom is 0.243 e. The summed E-state index contributed by atoms with van der Waals surface area (Å²) in [6.07, 6.45) is 3.62. The van der Waals surface area contributed by atoms with E-state index in [1.54, 1.807) is 29.6 Å². The highest BCUT2D eigenvalue weighted by molar-refractivity contribution is 7.89. The van der Waals surface area contributed by atoms with Crippen LogP contribution in [0.3, 0.4) is 0 Å². The molecule has 162 valence electrons. The molecule has 0 amide bonds. The van der Waals surface area contributed by atoms with E-state index in [-0.39, 0.29) is 5.82 Å². The van der Waals surface area contributed by atoms with Crippen molar-refractivity contribution in [1.29, 1.82) is 0 Å². The normalized spacial score (nSPS) is 15.7. The molecule has 30 heavy (non-hydrogen) atoms. The summed E-state index contributed by atoms with van der Waals surface area (Å²) >= 11 is 0. The molecule has 0 bridgehead atoms. The number of sulfonamides is 1. The van der Waals surface area contributed by atoms with Gasteiger partial charge in [0, 0.05) is 33.2 Å². The summed E-state index contributed by atoms with van der Waals surface area (Å²) < 4.78 is 40.3. The van der Waals surface area contributed by atoms with Crippen molar-refractivity contribution in [2.24, 2.45) is 4.99 Å². The van der Waals surface area contributed by atoms with Crippen LogP contribution in [0.25, 0.3) is 0 Å². The third-order valence-electron chi connectivity index (χ3n) is 5.15. The first kappa shape index (κ1) is 22.2. The molecule has 0 unspecified atom stereocenters. The van der Waals surface area contributed by atoms with Crippen LogP contribution in [0.4, 0.5) is 4.39 Å². The number of guanidine groups is 1. The van der Waals surface area contributed by atoms with Crippen molar-refractivity contribution >= 4 is 16.0 Å². The number of aliphatic imine (C=N–C) groups is 1. The minimum absolute atomic E-state index is 0.235. The Kier molecular flexibility index (Phi) is 7.81. The first-order valence-corrected chi connectivity index (χ1v) is 11.7. The van der Waals surface area contributed by atoms with Crippen molar-refractivity contribution in [3.05, 3.63) is 65.5 Å². The number of nitrogens with one attached hydrogen (secondary N) is 2. The first-order chi connectivity index (χ1) is 14.5. The summed E-state index contributed by atoms with van der Waals surface area (Å²) in [5, 5.41) is 6.41. The van der Waals surface area contributed by atoms with E-state index >= 15 is 0 Å². The van der Waals surface area contributed by atoms with Gasteiger partial charge < -0.3 is 10.6 Å². The van der Waals surface area contributed by atoms with E-state index in [2.05, 4.69) is 15.6 Å². The molecule has 1 aliphatic heterocycles. The quantitative estimate of drug-likeness (QED) is 0.521. The summed E-state index contributed by atoms with van der Waals surface area (Å²) in [6.45, 7) is 2.34. The Balaban J connectivity index is 1.49. The van der Waals surface area contributed by atoms with Crippen molar-refractivity contribution in [1.82, 2.24) is 14.9 Å². The Bertz CT molecular complexity index is 955. The fourth-order valence-corrected chi connectivity index (χ4v) is 4.97. The molecule has 0 atom stereocenters. The first-order valence-electron chi connectivity index (χ1n) is 10.3. The number of hydrogen-bond acceptors (Lipinski definition) is 3.